The molecule has 1 heterocycles. The molecule has 1 aliphatic heterocycles. The molecule has 0 radical (unpaired) electrons. The van der Waals surface area contributed by atoms with Gasteiger partial charge in [0.05, 0.1) is 11.6 Å². The summed E-state index contributed by atoms with van der Waals surface area (Å²) in [7, 11) is -1.69. The lowest BCUT2D eigenvalue weighted by Gasteiger charge is -2.30. The predicted octanol–water partition coefficient (Wildman–Crippen LogP) is 1.20. The number of piperidine rings is 1. The number of aliphatic hydroxyl groups excluding tert-OH is 1. The first-order chi connectivity index (χ1) is 9.42. The highest BCUT2D eigenvalue weighted by atomic mass is 35.5. The molecule has 1 saturated heterocycles. The van der Waals surface area contributed by atoms with Crippen LogP contribution in [0.25, 0.3) is 0 Å². The van der Waals surface area contributed by atoms with Crippen molar-refractivity contribution in [3.8, 4) is 0 Å². The first-order valence-electron chi connectivity index (χ1n) is 6.52. The van der Waals surface area contributed by atoms with E-state index < -0.39 is 10.0 Å². The Bertz CT molecular complexity index is 577. The van der Waals surface area contributed by atoms with Gasteiger partial charge in [-0.05, 0) is 44.1 Å². The molecule has 2 N–H and O–H groups in total. The topological polar surface area (TPSA) is 69.6 Å². The van der Waals surface area contributed by atoms with Gasteiger partial charge in [0, 0.05) is 12.6 Å². The smallest absolute Gasteiger partial charge is 0.242 e. The first-order valence-corrected chi connectivity index (χ1v) is 8.38. The highest BCUT2D eigenvalue weighted by Gasteiger charge is 2.25. The van der Waals surface area contributed by atoms with Crippen LogP contribution < -0.4 is 4.72 Å². The summed E-state index contributed by atoms with van der Waals surface area (Å²) in [6.45, 7) is 1.46. The molecule has 20 heavy (non-hydrogen) atoms. The van der Waals surface area contributed by atoms with Gasteiger partial charge in [-0.1, -0.05) is 17.7 Å². The van der Waals surface area contributed by atoms with Gasteiger partial charge >= 0.3 is 0 Å². The highest BCUT2D eigenvalue weighted by molar-refractivity contribution is 7.89. The molecule has 0 bridgehead atoms. The fourth-order valence-electron chi connectivity index (χ4n) is 2.40. The molecular formula is C13H19ClN2O3S. The van der Waals surface area contributed by atoms with Crippen molar-refractivity contribution in [1.82, 2.24) is 9.62 Å². The standard InChI is InChI=1S/C13H19ClN2O3S/c1-16-6-2-3-11(8-16)15-20(18,19)13-7-10(9-17)4-5-12(13)14/h4-5,7,11,15,17H,2-3,6,8-9H2,1H3. The van der Waals surface area contributed by atoms with Crippen LogP contribution in [-0.2, 0) is 16.6 Å². The lowest BCUT2D eigenvalue weighted by Crippen LogP contribution is -2.46. The van der Waals surface area contributed by atoms with E-state index in [1.54, 1.807) is 6.07 Å². The van der Waals surface area contributed by atoms with E-state index in [4.69, 9.17) is 16.7 Å². The second-order valence-corrected chi connectivity index (χ2v) is 7.24. The number of halogens is 1. The van der Waals surface area contributed by atoms with Crippen LogP contribution in [-0.4, -0.2) is 44.6 Å². The summed E-state index contributed by atoms with van der Waals surface area (Å²) in [6, 6.07) is 4.41. The normalized spacial score (nSPS) is 21.1. The number of likely N-dealkylation sites (tertiary alicyclic amines) is 1. The van der Waals surface area contributed by atoms with E-state index in [1.807, 2.05) is 7.05 Å². The van der Waals surface area contributed by atoms with Gasteiger partial charge in [0.1, 0.15) is 4.90 Å². The molecule has 1 fully saturated rings. The number of benzene rings is 1. The lowest BCUT2D eigenvalue weighted by molar-refractivity contribution is 0.242. The Hall–Kier alpha value is -0.660. The van der Waals surface area contributed by atoms with Gasteiger partial charge in [0.25, 0.3) is 0 Å². The Balaban J connectivity index is 2.21. The van der Waals surface area contributed by atoms with Crippen molar-refractivity contribution >= 4 is 21.6 Å². The maximum Gasteiger partial charge on any atom is 0.242 e. The number of aliphatic hydroxyl groups is 1. The number of nitrogens with zero attached hydrogens (tertiary/aromatic N) is 1. The molecule has 112 valence electrons. The summed E-state index contributed by atoms with van der Waals surface area (Å²) in [4.78, 5) is 2.13. The Labute approximate surface area is 124 Å². The lowest BCUT2D eigenvalue weighted by atomic mass is 10.1. The minimum Gasteiger partial charge on any atom is -0.392 e. The molecule has 0 amide bonds. The predicted molar refractivity (Wildman–Crippen MR) is 78.2 cm³/mol. The second-order valence-electron chi connectivity index (χ2n) is 5.15. The van der Waals surface area contributed by atoms with Crippen molar-refractivity contribution in [1.29, 1.82) is 0 Å². The van der Waals surface area contributed by atoms with Gasteiger partial charge in [-0.15, -0.1) is 0 Å². The van der Waals surface area contributed by atoms with E-state index >= 15 is 0 Å². The number of likely N-dealkylation sites (N-methyl/N-ethyl adjacent to an activating group) is 1. The summed E-state index contributed by atoms with van der Waals surface area (Å²) in [5.74, 6) is 0. The Morgan fingerprint density at radius 3 is 2.90 bits per heavy atom. The molecule has 1 aliphatic rings. The fraction of sp³-hybridized carbons (Fsp3) is 0.538. The van der Waals surface area contributed by atoms with Crippen LogP contribution in [0.15, 0.2) is 23.1 Å². The van der Waals surface area contributed by atoms with Gasteiger partial charge in [-0.2, -0.15) is 0 Å². The summed E-state index contributed by atoms with van der Waals surface area (Å²) in [5.41, 5.74) is 0.524. The van der Waals surface area contributed by atoms with Crippen LogP contribution in [0.1, 0.15) is 18.4 Å². The van der Waals surface area contributed by atoms with E-state index in [1.165, 1.54) is 12.1 Å². The molecular weight excluding hydrogens is 300 g/mol. The quantitative estimate of drug-likeness (QED) is 0.875. The van der Waals surface area contributed by atoms with Gasteiger partial charge in [-0.3, -0.25) is 0 Å². The van der Waals surface area contributed by atoms with E-state index in [2.05, 4.69) is 9.62 Å². The Morgan fingerprint density at radius 1 is 1.50 bits per heavy atom. The molecule has 1 aromatic rings. The van der Waals surface area contributed by atoms with Crippen molar-refractivity contribution < 1.29 is 13.5 Å². The molecule has 1 atom stereocenters. The second kappa shape index (κ2) is 6.41. The Kier molecular flexibility index (Phi) is 5.04. The number of hydrogen-bond donors (Lipinski definition) is 2. The van der Waals surface area contributed by atoms with Crippen molar-refractivity contribution in [3.63, 3.8) is 0 Å². The molecule has 2 rings (SSSR count). The van der Waals surface area contributed by atoms with Crippen LogP contribution in [0.2, 0.25) is 5.02 Å². The third-order valence-corrected chi connectivity index (χ3v) is 5.42. The van der Waals surface area contributed by atoms with Gasteiger partial charge in [-0.25, -0.2) is 13.1 Å². The van der Waals surface area contributed by atoms with E-state index in [9.17, 15) is 8.42 Å². The largest absolute Gasteiger partial charge is 0.392 e. The van der Waals surface area contributed by atoms with Crippen LogP contribution in [0.3, 0.4) is 0 Å². The third-order valence-electron chi connectivity index (χ3n) is 3.41. The van der Waals surface area contributed by atoms with Crippen molar-refractivity contribution in [3.05, 3.63) is 28.8 Å². The maximum atomic E-state index is 12.4. The molecule has 0 saturated carbocycles. The monoisotopic (exact) mass is 318 g/mol. The molecule has 1 aromatic carbocycles. The van der Waals surface area contributed by atoms with Crippen LogP contribution in [0, 0.1) is 0 Å². The molecule has 0 aliphatic carbocycles. The zero-order valence-corrected chi connectivity index (χ0v) is 12.9. The maximum absolute atomic E-state index is 12.4. The number of rotatable bonds is 4. The zero-order chi connectivity index (χ0) is 14.8. The average Bonchev–Trinajstić information content (AvgIpc) is 2.38. The van der Waals surface area contributed by atoms with Crippen molar-refractivity contribution in [2.75, 3.05) is 20.1 Å². The van der Waals surface area contributed by atoms with E-state index in [0.29, 0.717) is 12.1 Å². The minimum absolute atomic E-state index is 0.0268. The van der Waals surface area contributed by atoms with Crippen LogP contribution in [0.5, 0.6) is 0 Å². The van der Waals surface area contributed by atoms with Crippen LogP contribution in [0.4, 0.5) is 0 Å². The van der Waals surface area contributed by atoms with E-state index in [-0.39, 0.29) is 22.6 Å². The SMILES string of the molecule is CN1CCCC(NS(=O)(=O)c2cc(CO)ccc2Cl)C1. The van der Waals surface area contributed by atoms with Gasteiger partial charge in [0.2, 0.25) is 10.0 Å². The zero-order valence-electron chi connectivity index (χ0n) is 11.3. The third kappa shape index (κ3) is 3.71. The van der Waals surface area contributed by atoms with Crippen molar-refractivity contribution in [2.45, 2.75) is 30.4 Å². The molecule has 7 heteroatoms. The van der Waals surface area contributed by atoms with Crippen LogP contribution >= 0.6 is 11.6 Å². The first kappa shape index (κ1) is 15.7. The summed E-state index contributed by atoms with van der Waals surface area (Å²) in [5, 5.41) is 9.28. The summed E-state index contributed by atoms with van der Waals surface area (Å²) < 4.78 is 27.5. The average molecular weight is 319 g/mol. The van der Waals surface area contributed by atoms with Gasteiger partial charge < -0.3 is 10.0 Å². The summed E-state index contributed by atoms with van der Waals surface area (Å²) >= 11 is 5.97. The Morgan fingerprint density at radius 2 is 2.25 bits per heavy atom. The van der Waals surface area contributed by atoms with E-state index in [0.717, 1.165) is 19.4 Å². The molecule has 0 spiro atoms. The molecule has 5 nitrogen and oxygen atoms in total. The van der Waals surface area contributed by atoms with Crippen molar-refractivity contribution in [2.24, 2.45) is 0 Å². The minimum atomic E-state index is -3.67. The summed E-state index contributed by atoms with van der Waals surface area (Å²) in [6.07, 6.45) is 1.79. The number of hydrogen-bond acceptors (Lipinski definition) is 4. The van der Waals surface area contributed by atoms with Gasteiger partial charge in [0.15, 0.2) is 0 Å². The number of sulfonamides is 1. The number of nitrogens with one attached hydrogen (secondary N) is 1. The highest BCUT2D eigenvalue weighted by Crippen LogP contribution is 2.23. The molecule has 0 aromatic heterocycles. The molecule has 1 unspecified atom stereocenters. The fourth-order valence-corrected chi connectivity index (χ4v) is 4.21.